The van der Waals surface area contributed by atoms with E-state index >= 15 is 0 Å². The van der Waals surface area contributed by atoms with Crippen molar-refractivity contribution in [2.75, 3.05) is 0 Å². The van der Waals surface area contributed by atoms with Crippen molar-refractivity contribution in [2.24, 2.45) is 0 Å². The Morgan fingerprint density at radius 1 is 0.636 bits per heavy atom. The fourth-order valence-corrected chi connectivity index (χ4v) is 1.91. The number of carbonyl (C=O) groups is 3. The molecule has 0 unspecified atom stereocenters. The van der Waals surface area contributed by atoms with E-state index in [-0.39, 0.29) is 33.1 Å². The van der Waals surface area contributed by atoms with E-state index in [2.05, 4.69) is 19.7 Å². The minimum Gasteiger partial charge on any atom is -0.547 e. The van der Waals surface area contributed by atoms with Crippen LogP contribution in [0.1, 0.15) is 20.8 Å². The van der Waals surface area contributed by atoms with Crippen LogP contribution in [0.15, 0.2) is 36.5 Å². The van der Waals surface area contributed by atoms with Gasteiger partial charge in [0.2, 0.25) is 0 Å². The van der Waals surface area contributed by atoms with Gasteiger partial charge in [-0.2, -0.15) is 0 Å². The van der Waals surface area contributed by atoms with E-state index in [9.17, 15) is 14.4 Å². The van der Waals surface area contributed by atoms with Crippen molar-refractivity contribution in [3.8, 4) is 0 Å². The summed E-state index contributed by atoms with van der Waals surface area (Å²) in [6.07, 6.45) is 0. The van der Waals surface area contributed by atoms with Gasteiger partial charge in [-0.05, 0) is 20.8 Å². The molecule has 0 aliphatic rings. The van der Waals surface area contributed by atoms with E-state index in [1.165, 1.54) is 20.8 Å². The molecule has 0 aliphatic carbocycles. The normalized spacial score (nSPS) is 7.77. The first kappa shape index (κ1) is 28.2. The summed E-state index contributed by atoms with van der Waals surface area (Å²) in [7, 11) is 0. The first-order chi connectivity index (χ1) is 8.65. The smallest absolute Gasteiger partial charge is 0.547 e. The highest BCUT2D eigenvalue weighted by Crippen LogP contribution is 2.05. The lowest BCUT2D eigenvalue weighted by molar-refractivity contribution is -0.143. The van der Waals surface area contributed by atoms with E-state index in [4.69, 9.17) is 11.4 Å². The third-order valence-electron chi connectivity index (χ3n) is 1.66. The van der Waals surface area contributed by atoms with Crippen molar-refractivity contribution in [2.45, 2.75) is 20.8 Å². The highest BCUT2D eigenvalue weighted by Gasteiger charge is 2.49. The summed E-state index contributed by atoms with van der Waals surface area (Å²) >= 11 is -3.31. The number of hydrogen-bond donors (Lipinski definition) is 0. The quantitative estimate of drug-likeness (QED) is 0.437. The monoisotopic (exact) mass is 336 g/mol. The van der Waals surface area contributed by atoms with Gasteiger partial charge in [0.15, 0.2) is 0 Å². The summed E-state index contributed by atoms with van der Waals surface area (Å²) in [6.45, 7) is 14.3. The van der Waals surface area contributed by atoms with E-state index in [1.54, 1.807) is 0 Å². The summed E-state index contributed by atoms with van der Waals surface area (Å²) in [5.41, 5.74) is 0.278. The fourth-order valence-electron chi connectivity index (χ4n) is 0.636. The van der Waals surface area contributed by atoms with Crippen LogP contribution in [-0.4, -0.2) is 49.5 Å². The van der Waals surface area contributed by atoms with E-state index in [0.29, 0.717) is 0 Å². The van der Waals surface area contributed by atoms with Crippen LogP contribution in [0.5, 0.6) is 0 Å². The van der Waals surface area contributed by atoms with Crippen LogP contribution in [0, 0.1) is 0 Å². The van der Waals surface area contributed by atoms with Crippen LogP contribution in [0.25, 0.3) is 0 Å². The molecule has 0 amide bonds. The Bertz CT molecular complexity index is 389. The Morgan fingerprint density at radius 3 is 0.955 bits per heavy atom. The summed E-state index contributed by atoms with van der Waals surface area (Å²) < 4.78 is 14.4. The maximum absolute atomic E-state index is 11.3. The zero-order valence-corrected chi connectivity index (χ0v) is 13.8. The molecule has 0 aromatic heterocycles. The molecule has 0 atom stereocenters. The van der Waals surface area contributed by atoms with Gasteiger partial charge in [-0.15, -0.1) is 0 Å². The second-order valence-corrected chi connectivity index (χ2v) is 5.13. The summed E-state index contributed by atoms with van der Waals surface area (Å²) in [6, 6.07) is 0. The molecule has 0 saturated carbocycles. The van der Waals surface area contributed by atoms with Crippen LogP contribution in [0.4, 0.5) is 0 Å². The standard InChI is InChI=1S/3C4H6O2.Al.3H2O/c3*1-3(2)4(5)6;;;;/h3*1H2,2H3,(H,5,6);;3*1H2/q;;;+3;;;/p-3. The van der Waals surface area contributed by atoms with Gasteiger partial charge in [-0.1, -0.05) is 19.7 Å². The van der Waals surface area contributed by atoms with Crippen molar-refractivity contribution >= 4 is 33.1 Å². The van der Waals surface area contributed by atoms with E-state index in [0.717, 1.165) is 0 Å². The van der Waals surface area contributed by atoms with Gasteiger partial charge in [-0.25, -0.2) is 0 Å². The van der Waals surface area contributed by atoms with Gasteiger partial charge in [0.05, 0.1) is 0 Å². The second kappa shape index (κ2) is 12.8. The topological polar surface area (TPSA) is 173 Å². The molecule has 0 bridgehead atoms. The molecular weight excluding hydrogens is 315 g/mol. The van der Waals surface area contributed by atoms with E-state index < -0.39 is 33.1 Å². The average Bonchev–Trinajstić information content (AvgIpc) is 2.27. The molecule has 0 rings (SSSR count). The summed E-state index contributed by atoms with van der Waals surface area (Å²) in [4.78, 5) is 34.0. The highest BCUT2D eigenvalue weighted by atomic mass is 27.3. The second-order valence-electron chi connectivity index (χ2n) is 3.85. The molecule has 0 saturated heterocycles. The molecule has 0 fully saturated rings. The van der Waals surface area contributed by atoms with Crippen molar-refractivity contribution in [3.63, 3.8) is 0 Å². The summed E-state index contributed by atoms with van der Waals surface area (Å²) in [5, 5.41) is 0. The molecule has 0 radical (unpaired) electrons. The minimum atomic E-state index is -3.31. The van der Waals surface area contributed by atoms with Gasteiger partial charge in [0, 0.05) is 16.7 Å². The van der Waals surface area contributed by atoms with Crippen molar-refractivity contribution < 1.29 is 42.2 Å². The Morgan fingerprint density at radius 2 is 0.818 bits per heavy atom. The predicted octanol–water partition coefficient (Wildman–Crippen LogP) is -1.14. The number of hydrogen-bond acceptors (Lipinski definition) is 6. The van der Waals surface area contributed by atoms with Crippen molar-refractivity contribution in [1.82, 2.24) is 0 Å². The number of rotatable bonds is 6. The Balaban J connectivity index is -0.000000540. The molecule has 0 heterocycles. The molecule has 6 N–H and O–H groups in total. The SMILES string of the molecule is C=C(C)C(=O)[O][Al]([O]C(=O)C(=C)C)[O]C(=O)C(=C)C.O.O.O. The zero-order valence-electron chi connectivity index (χ0n) is 12.6. The third-order valence-corrected chi connectivity index (χ3v) is 2.87. The largest absolute Gasteiger partial charge is 1.20 e. The van der Waals surface area contributed by atoms with Crippen LogP contribution < -0.4 is 0 Å². The highest BCUT2D eigenvalue weighted by molar-refractivity contribution is 6.45. The molecule has 0 aromatic carbocycles. The molecule has 0 aliphatic heterocycles. The Hall–Kier alpha value is -1.96. The van der Waals surface area contributed by atoms with E-state index in [1.807, 2.05) is 0 Å². The lowest BCUT2D eigenvalue weighted by atomic mass is 10.4. The van der Waals surface area contributed by atoms with Crippen molar-refractivity contribution in [1.29, 1.82) is 0 Å². The van der Waals surface area contributed by atoms with Gasteiger partial charge >= 0.3 is 33.1 Å². The van der Waals surface area contributed by atoms with Crippen LogP contribution in [0.2, 0.25) is 0 Å². The third kappa shape index (κ3) is 10.8. The molecular formula is C12H21AlO9. The lowest BCUT2D eigenvalue weighted by Gasteiger charge is -2.13. The first-order valence-corrected chi connectivity index (χ1v) is 6.66. The van der Waals surface area contributed by atoms with Crippen LogP contribution in [0.3, 0.4) is 0 Å². The fraction of sp³-hybridized carbons (Fsp3) is 0.250. The number of carbonyl (C=O) groups excluding carboxylic acids is 3. The Labute approximate surface area is 133 Å². The maximum Gasteiger partial charge on any atom is 1.20 e. The minimum absolute atomic E-state index is 0. The predicted molar refractivity (Wildman–Crippen MR) is 79.3 cm³/mol. The molecule has 10 heteroatoms. The average molecular weight is 336 g/mol. The van der Waals surface area contributed by atoms with Gasteiger partial charge in [0.25, 0.3) is 0 Å². The molecule has 0 spiro atoms. The maximum atomic E-state index is 11.3. The van der Waals surface area contributed by atoms with Crippen molar-refractivity contribution in [3.05, 3.63) is 36.5 Å². The zero-order chi connectivity index (χ0) is 15.2. The lowest BCUT2D eigenvalue weighted by Crippen LogP contribution is -2.35. The van der Waals surface area contributed by atoms with Crippen LogP contribution in [-0.2, 0) is 25.7 Å². The molecule has 0 aromatic rings. The summed E-state index contributed by atoms with van der Waals surface area (Å²) in [5.74, 6) is -2.41. The molecule has 126 valence electrons. The van der Waals surface area contributed by atoms with Crippen LogP contribution >= 0.6 is 0 Å². The molecule has 22 heavy (non-hydrogen) atoms. The first-order valence-electron chi connectivity index (χ1n) is 5.24. The van der Waals surface area contributed by atoms with Gasteiger partial charge < -0.3 is 27.8 Å². The van der Waals surface area contributed by atoms with Gasteiger partial charge in [0.1, 0.15) is 0 Å². The Kier molecular flexibility index (Phi) is 16.4. The molecule has 9 nitrogen and oxygen atoms in total. The van der Waals surface area contributed by atoms with Gasteiger partial charge in [-0.3, -0.25) is 14.4 Å².